The lowest BCUT2D eigenvalue weighted by atomic mass is 10.0. The van der Waals surface area contributed by atoms with Crippen molar-refractivity contribution in [1.29, 1.82) is 0 Å². The van der Waals surface area contributed by atoms with Crippen LogP contribution in [0.2, 0.25) is 0 Å². The predicted molar refractivity (Wildman–Crippen MR) is 120 cm³/mol. The molecule has 8 atom stereocenters. The van der Waals surface area contributed by atoms with Crippen LogP contribution in [0.4, 0.5) is 0 Å². The summed E-state index contributed by atoms with van der Waals surface area (Å²) in [4.78, 5) is 48.5. The highest BCUT2D eigenvalue weighted by atomic mass is 16.4. The standard InChI is InChI=1S/C20H38N4O12/c1-9(25)13(29)15(31)17(33)19(35)22-5-7-24(12(28)4-3-11(21)27)8-6-23-20(36)18(34)16(32)14(30)10(2)26/h9-10,13-18,25-26,29-34H,3-8H2,1-2H3,(H2,21,27)(H,22,35)(H,23,36)/t9-,10-,13-,14-,15+,16+,17-,18-/m1/s1. The van der Waals surface area contributed by atoms with Crippen LogP contribution in [0.5, 0.6) is 0 Å². The smallest absolute Gasteiger partial charge is 0.251 e. The van der Waals surface area contributed by atoms with Gasteiger partial charge in [-0.05, 0) is 13.8 Å². The molecule has 0 saturated heterocycles. The SMILES string of the molecule is C[C@@H](O)[C@@H](O)[C@H](O)[C@@H](O)C(=O)NCCN(CCNC(=O)[C@H](O)[C@@H](O)[C@H](O)[C@@H](C)O)C(=O)CCC(N)=O. The Kier molecular flexibility index (Phi) is 15.2. The number of aliphatic hydroxyl groups is 8. The van der Waals surface area contributed by atoms with E-state index in [2.05, 4.69) is 10.6 Å². The van der Waals surface area contributed by atoms with Gasteiger partial charge in [0.1, 0.15) is 24.4 Å². The van der Waals surface area contributed by atoms with Crippen molar-refractivity contribution in [3.05, 3.63) is 0 Å². The second kappa shape index (κ2) is 16.3. The zero-order valence-electron chi connectivity index (χ0n) is 20.1. The Morgan fingerprint density at radius 3 is 1.33 bits per heavy atom. The Hall–Kier alpha value is -2.44. The minimum Gasteiger partial charge on any atom is -0.391 e. The molecule has 0 aliphatic carbocycles. The van der Waals surface area contributed by atoms with Crippen molar-refractivity contribution in [2.24, 2.45) is 5.73 Å². The van der Waals surface area contributed by atoms with Crippen LogP contribution in [0.1, 0.15) is 26.7 Å². The summed E-state index contributed by atoms with van der Waals surface area (Å²) in [5.74, 6) is -3.54. The summed E-state index contributed by atoms with van der Waals surface area (Å²) >= 11 is 0. The Morgan fingerprint density at radius 1 is 0.667 bits per heavy atom. The number of nitrogens with one attached hydrogen (secondary N) is 2. The molecule has 0 rings (SSSR count). The summed E-state index contributed by atoms with van der Waals surface area (Å²) in [6.07, 6.45) is -15.1. The largest absolute Gasteiger partial charge is 0.391 e. The van der Waals surface area contributed by atoms with Crippen LogP contribution in [0.3, 0.4) is 0 Å². The highest BCUT2D eigenvalue weighted by Gasteiger charge is 2.33. The molecule has 0 radical (unpaired) electrons. The van der Waals surface area contributed by atoms with Crippen LogP contribution >= 0.6 is 0 Å². The topological polar surface area (TPSA) is 283 Å². The molecule has 0 aromatic heterocycles. The van der Waals surface area contributed by atoms with Gasteiger partial charge in [-0.3, -0.25) is 19.2 Å². The highest BCUT2D eigenvalue weighted by Crippen LogP contribution is 2.06. The normalized spacial score (nSPS) is 18.1. The minimum absolute atomic E-state index is 0.188. The average molecular weight is 527 g/mol. The molecule has 0 heterocycles. The summed E-state index contributed by atoms with van der Waals surface area (Å²) in [5, 5.41) is 81.1. The van der Waals surface area contributed by atoms with E-state index < -0.39 is 72.5 Å². The van der Waals surface area contributed by atoms with Gasteiger partial charge in [0.25, 0.3) is 11.8 Å². The number of carbonyl (C=O) groups excluding carboxylic acids is 4. The summed E-state index contributed by atoms with van der Waals surface area (Å²) in [7, 11) is 0. The maximum Gasteiger partial charge on any atom is 0.251 e. The molecule has 12 N–H and O–H groups in total. The van der Waals surface area contributed by atoms with Crippen LogP contribution in [-0.2, 0) is 19.2 Å². The maximum atomic E-state index is 12.4. The van der Waals surface area contributed by atoms with Gasteiger partial charge in [0.05, 0.1) is 12.2 Å². The van der Waals surface area contributed by atoms with Gasteiger partial charge in [-0.25, -0.2) is 0 Å². The number of primary amides is 1. The number of aliphatic hydroxyl groups excluding tert-OH is 8. The van der Waals surface area contributed by atoms with Gasteiger partial charge < -0.3 is 62.1 Å². The fourth-order valence-corrected chi connectivity index (χ4v) is 2.84. The van der Waals surface area contributed by atoms with Crippen molar-refractivity contribution in [1.82, 2.24) is 15.5 Å². The molecule has 0 aromatic carbocycles. The molecule has 16 nitrogen and oxygen atoms in total. The predicted octanol–water partition coefficient (Wildman–Crippen LogP) is -6.76. The number of amides is 4. The van der Waals surface area contributed by atoms with Gasteiger partial charge in [0.15, 0.2) is 12.2 Å². The van der Waals surface area contributed by atoms with Crippen LogP contribution in [0, 0.1) is 0 Å². The summed E-state index contributed by atoms with van der Waals surface area (Å²) in [6.45, 7) is 1.39. The first-order chi connectivity index (χ1) is 16.6. The molecule has 0 aliphatic rings. The molecule has 0 aromatic rings. The summed E-state index contributed by atoms with van der Waals surface area (Å²) in [6, 6.07) is 0. The van der Waals surface area contributed by atoms with Crippen molar-refractivity contribution in [2.45, 2.75) is 75.5 Å². The van der Waals surface area contributed by atoms with E-state index in [-0.39, 0.29) is 39.0 Å². The fraction of sp³-hybridized carbons (Fsp3) is 0.800. The van der Waals surface area contributed by atoms with Gasteiger partial charge in [-0.2, -0.15) is 0 Å². The molecular formula is C20H38N4O12. The molecule has 0 unspecified atom stereocenters. The lowest BCUT2D eigenvalue weighted by Gasteiger charge is -2.26. The van der Waals surface area contributed by atoms with E-state index in [4.69, 9.17) is 5.73 Å². The highest BCUT2D eigenvalue weighted by molar-refractivity contribution is 5.84. The third-order valence-electron chi connectivity index (χ3n) is 5.17. The van der Waals surface area contributed by atoms with E-state index >= 15 is 0 Å². The van der Waals surface area contributed by atoms with Crippen molar-refractivity contribution in [3.63, 3.8) is 0 Å². The molecule has 16 heteroatoms. The quantitative estimate of drug-likeness (QED) is 0.0843. The Balaban J connectivity index is 4.96. The van der Waals surface area contributed by atoms with E-state index in [9.17, 15) is 60.0 Å². The van der Waals surface area contributed by atoms with Crippen molar-refractivity contribution in [3.8, 4) is 0 Å². The van der Waals surface area contributed by atoms with E-state index in [0.717, 1.165) is 18.7 Å². The molecule has 0 fully saturated rings. The first-order valence-corrected chi connectivity index (χ1v) is 11.2. The maximum absolute atomic E-state index is 12.4. The Morgan fingerprint density at radius 2 is 1.03 bits per heavy atom. The van der Waals surface area contributed by atoms with Gasteiger partial charge in [0, 0.05) is 39.0 Å². The van der Waals surface area contributed by atoms with Crippen LogP contribution in [0.25, 0.3) is 0 Å². The monoisotopic (exact) mass is 526 g/mol. The first kappa shape index (κ1) is 33.6. The lowest BCUT2D eigenvalue weighted by Crippen LogP contribution is -2.52. The number of carbonyl (C=O) groups is 4. The first-order valence-electron chi connectivity index (χ1n) is 11.2. The minimum atomic E-state index is -2.09. The van der Waals surface area contributed by atoms with E-state index in [1.165, 1.54) is 0 Å². The van der Waals surface area contributed by atoms with E-state index in [0.29, 0.717) is 0 Å². The van der Waals surface area contributed by atoms with Gasteiger partial charge in [0.2, 0.25) is 11.8 Å². The van der Waals surface area contributed by atoms with E-state index in [1.54, 1.807) is 0 Å². The average Bonchev–Trinajstić information content (AvgIpc) is 2.82. The van der Waals surface area contributed by atoms with Crippen molar-refractivity contribution < 1.29 is 60.0 Å². The molecule has 0 aliphatic heterocycles. The van der Waals surface area contributed by atoms with Gasteiger partial charge >= 0.3 is 0 Å². The lowest BCUT2D eigenvalue weighted by molar-refractivity contribution is -0.146. The second-order valence-electron chi connectivity index (χ2n) is 8.26. The zero-order chi connectivity index (χ0) is 28.2. The zero-order valence-corrected chi connectivity index (χ0v) is 20.1. The number of hydrogen-bond donors (Lipinski definition) is 11. The van der Waals surface area contributed by atoms with E-state index in [1.807, 2.05) is 0 Å². The number of rotatable bonds is 17. The Bertz CT molecular complexity index is 679. The van der Waals surface area contributed by atoms with Crippen LogP contribution in [-0.4, -0.2) is 144 Å². The molecule has 4 amide bonds. The molecule has 0 bridgehead atoms. The molecule has 0 saturated carbocycles. The molecule has 210 valence electrons. The number of nitrogens with zero attached hydrogens (tertiary/aromatic N) is 1. The van der Waals surface area contributed by atoms with Crippen LogP contribution < -0.4 is 16.4 Å². The summed E-state index contributed by atoms with van der Waals surface area (Å²) in [5.41, 5.74) is 5.03. The van der Waals surface area contributed by atoms with Crippen molar-refractivity contribution >= 4 is 23.6 Å². The number of hydrogen-bond acceptors (Lipinski definition) is 12. The van der Waals surface area contributed by atoms with Crippen LogP contribution in [0.15, 0.2) is 0 Å². The summed E-state index contributed by atoms with van der Waals surface area (Å²) < 4.78 is 0. The van der Waals surface area contributed by atoms with Gasteiger partial charge in [-0.1, -0.05) is 0 Å². The third kappa shape index (κ3) is 11.5. The fourth-order valence-electron chi connectivity index (χ4n) is 2.84. The van der Waals surface area contributed by atoms with Gasteiger partial charge in [-0.15, -0.1) is 0 Å². The molecular weight excluding hydrogens is 488 g/mol. The Labute approximate surface area is 207 Å². The third-order valence-corrected chi connectivity index (χ3v) is 5.17. The second-order valence-corrected chi connectivity index (χ2v) is 8.26. The number of nitrogens with two attached hydrogens (primary N) is 1. The van der Waals surface area contributed by atoms with Crippen molar-refractivity contribution in [2.75, 3.05) is 26.2 Å². The molecule has 36 heavy (non-hydrogen) atoms. The molecule has 0 spiro atoms.